The van der Waals surface area contributed by atoms with Crippen molar-refractivity contribution >= 4 is 5.91 Å². The number of fused-ring (bicyclic) bond motifs is 1. The molecule has 1 aromatic carbocycles. The maximum atomic E-state index is 13.2. The normalized spacial score (nSPS) is 22.4. The van der Waals surface area contributed by atoms with Crippen LogP contribution in [0.3, 0.4) is 0 Å². The molecule has 34 heavy (non-hydrogen) atoms. The van der Waals surface area contributed by atoms with Gasteiger partial charge in [0.05, 0.1) is 12.2 Å². The minimum Gasteiger partial charge on any atom is -0.395 e. The summed E-state index contributed by atoms with van der Waals surface area (Å²) < 4.78 is 0. The van der Waals surface area contributed by atoms with Crippen molar-refractivity contribution in [3.63, 3.8) is 0 Å². The van der Waals surface area contributed by atoms with Crippen molar-refractivity contribution in [2.75, 3.05) is 26.2 Å². The minimum atomic E-state index is 0.0290. The van der Waals surface area contributed by atoms with E-state index in [4.69, 9.17) is 0 Å². The molecule has 2 aliphatic heterocycles. The quantitative estimate of drug-likeness (QED) is 0.619. The number of aromatic nitrogens is 2. The smallest absolute Gasteiger partial charge is 0.255 e. The molecule has 1 N–H and O–H groups in total. The van der Waals surface area contributed by atoms with Crippen LogP contribution in [0.5, 0.6) is 0 Å². The molecule has 2 aromatic heterocycles. The van der Waals surface area contributed by atoms with E-state index in [9.17, 15) is 9.90 Å². The predicted molar refractivity (Wildman–Crippen MR) is 130 cm³/mol. The Balaban J connectivity index is 1.35. The average Bonchev–Trinajstić information content (AvgIpc) is 2.88. The molecule has 5 rings (SSSR count). The number of benzene rings is 1. The Kier molecular flexibility index (Phi) is 6.66. The highest BCUT2D eigenvalue weighted by Gasteiger charge is 2.49. The Morgan fingerprint density at radius 3 is 2.59 bits per heavy atom. The summed E-state index contributed by atoms with van der Waals surface area (Å²) in [6, 6.07) is 17.9. The number of nitrogens with zero attached hydrogens (tertiary/aromatic N) is 4. The summed E-state index contributed by atoms with van der Waals surface area (Å²) in [6.45, 7) is 2.46. The molecule has 0 radical (unpaired) electrons. The van der Waals surface area contributed by atoms with Crippen molar-refractivity contribution < 1.29 is 9.90 Å². The third kappa shape index (κ3) is 4.58. The van der Waals surface area contributed by atoms with Crippen LogP contribution < -0.4 is 0 Å². The first-order chi connectivity index (χ1) is 16.7. The van der Waals surface area contributed by atoms with Gasteiger partial charge in [0.15, 0.2) is 0 Å². The topological polar surface area (TPSA) is 69.6 Å². The minimum absolute atomic E-state index is 0.0290. The summed E-state index contributed by atoms with van der Waals surface area (Å²) in [5, 5.41) is 10.2. The lowest BCUT2D eigenvalue weighted by Crippen LogP contribution is -2.67. The fourth-order valence-corrected chi connectivity index (χ4v) is 5.16. The van der Waals surface area contributed by atoms with Gasteiger partial charge in [-0.3, -0.25) is 14.7 Å². The summed E-state index contributed by atoms with van der Waals surface area (Å²) in [5.74, 6) is 6.47. The van der Waals surface area contributed by atoms with Crippen molar-refractivity contribution in [2.45, 2.75) is 30.8 Å². The lowest BCUT2D eigenvalue weighted by molar-refractivity contribution is -0.0606. The van der Waals surface area contributed by atoms with E-state index in [1.54, 1.807) is 24.7 Å². The summed E-state index contributed by atoms with van der Waals surface area (Å²) in [7, 11) is 0. The second kappa shape index (κ2) is 10.2. The number of aliphatic hydroxyl groups is 1. The van der Waals surface area contributed by atoms with Crippen molar-refractivity contribution in [2.24, 2.45) is 0 Å². The molecule has 2 aliphatic rings. The highest BCUT2D eigenvalue weighted by molar-refractivity contribution is 5.93. The van der Waals surface area contributed by atoms with Crippen LogP contribution in [0.1, 0.15) is 45.9 Å². The molecule has 3 atom stereocenters. The number of amides is 1. The predicted octanol–water partition coefficient (Wildman–Crippen LogP) is 2.94. The van der Waals surface area contributed by atoms with Gasteiger partial charge < -0.3 is 10.0 Å². The molecule has 0 bridgehead atoms. The van der Waals surface area contributed by atoms with E-state index in [0.717, 1.165) is 37.2 Å². The van der Waals surface area contributed by atoms with E-state index in [1.165, 1.54) is 5.56 Å². The lowest BCUT2D eigenvalue weighted by atomic mass is 9.74. The fourth-order valence-electron chi connectivity index (χ4n) is 5.16. The largest absolute Gasteiger partial charge is 0.395 e. The number of carbonyl (C=O) groups is 1. The molecule has 0 spiro atoms. The summed E-state index contributed by atoms with van der Waals surface area (Å²) in [6.07, 6.45) is 7.03. The van der Waals surface area contributed by atoms with Crippen LogP contribution in [-0.4, -0.2) is 69.1 Å². The van der Waals surface area contributed by atoms with E-state index in [1.807, 2.05) is 41.3 Å². The number of pyridine rings is 2. The van der Waals surface area contributed by atoms with E-state index in [0.29, 0.717) is 12.1 Å². The van der Waals surface area contributed by atoms with E-state index < -0.39 is 0 Å². The van der Waals surface area contributed by atoms with E-state index in [-0.39, 0.29) is 30.5 Å². The van der Waals surface area contributed by atoms with Crippen molar-refractivity contribution in [3.05, 3.63) is 95.6 Å². The molecule has 172 valence electrons. The molecule has 6 nitrogen and oxygen atoms in total. The Hall–Kier alpha value is -3.53. The Morgan fingerprint density at radius 2 is 1.85 bits per heavy atom. The Labute approximate surface area is 200 Å². The zero-order chi connectivity index (χ0) is 23.3. The molecular formula is C28H28N4O2. The van der Waals surface area contributed by atoms with Gasteiger partial charge in [-0.15, -0.1) is 0 Å². The van der Waals surface area contributed by atoms with Gasteiger partial charge >= 0.3 is 0 Å². The summed E-state index contributed by atoms with van der Waals surface area (Å²) in [5.41, 5.74) is 3.48. The molecular weight excluding hydrogens is 424 g/mol. The van der Waals surface area contributed by atoms with Crippen molar-refractivity contribution in [1.29, 1.82) is 0 Å². The third-order valence-electron chi connectivity index (χ3n) is 6.86. The van der Waals surface area contributed by atoms with Gasteiger partial charge in [0.25, 0.3) is 5.91 Å². The first-order valence-electron chi connectivity index (χ1n) is 11.8. The molecule has 6 heteroatoms. The van der Waals surface area contributed by atoms with Gasteiger partial charge in [0, 0.05) is 55.2 Å². The zero-order valence-corrected chi connectivity index (χ0v) is 19.0. The zero-order valence-electron chi connectivity index (χ0n) is 19.0. The van der Waals surface area contributed by atoms with Crippen LogP contribution in [0.25, 0.3) is 0 Å². The van der Waals surface area contributed by atoms with E-state index >= 15 is 0 Å². The third-order valence-corrected chi connectivity index (χ3v) is 6.86. The van der Waals surface area contributed by atoms with Crippen LogP contribution in [0, 0.1) is 11.8 Å². The number of rotatable bonds is 3. The van der Waals surface area contributed by atoms with Gasteiger partial charge in [-0.2, -0.15) is 0 Å². The first-order valence-corrected chi connectivity index (χ1v) is 11.8. The van der Waals surface area contributed by atoms with Gasteiger partial charge in [-0.25, -0.2) is 4.98 Å². The van der Waals surface area contributed by atoms with Gasteiger partial charge in [0.1, 0.15) is 5.69 Å². The second-order valence-corrected chi connectivity index (χ2v) is 8.87. The van der Waals surface area contributed by atoms with Crippen LogP contribution in [0.4, 0.5) is 0 Å². The van der Waals surface area contributed by atoms with Crippen LogP contribution in [0.15, 0.2) is 73.2 Å². The molecule has 2 saturated heterocycles. The monoisotopic (exact) mass is 452 g/mol. The standard InChI is InChI=1S/C28H28N4O2/c33-20-26-27(22-11-8-21(9-12-22)10-13-24-7-1-2-15-30-24)25-19-31(16-3-4-17-32(25)26)28(34)23-6-5-14-29-18-23/h1-2,5-9,11-12,14-15,18,25-27,33H,3-4,16-17,19-20H2/t25-,26+,27-/m1/s1. The average molecular weight is 453 g/mol. The molecule has 0 unspecified atom stereocenters. The molecule has 1 amide bonds. The number of hydrogen-bond donors (Lipinski definition) is 1. The second-order valence-electron chi connectivity index (χ2n) is 8.87. The highest BCUT2D eigenvalue weighted by atomic mass is 16.3. The van der Waals surface area contributed by atoms with Crippen molar-refractivity contribution in [3.8, 4) is 11.8 Å². The number of carbonyl (C=O) groups excluding carboxylic acids is 1. The maximum Gasteiger partial charge on any atom is 0.255 e. The molecule has 0 saturated carbocycles. The maximum absolute atomic E-state index is 13.2. The first kappa shape index (κ1) is 22.3. The highest BCUT2D eigenvalue weighted by Crippen LogP contribution is 2.42. The Morgan fingerprint density at radius 1 is 1.00 bits per heavy atom. The molecule has 3 aromatic rings. The molecule has 0 aliphatic carbocycles. The molecule has 4 heterocycles. The number of hydrogen-bond acceptors (Lipinski definition) is 5. The van der Waals surface area contributed by atoms with Crippen LogP contribution in [-0.2, 0) is 0 Å². The summed E-state index contributed by atoms with van der Waals surface area (Å²) in [4.78, 5) is 25.9. The van der Waals surface area contributed by atoms with Gasteiger partial charge in [-0.1, -0.05) is 24.1 Å². The van der Waals surface area contributed by atoms with Crippen molar-refractivity contribution in [1.82, 2.24) is 19.8 Å². The van der Waals surface area contributed by atoms with Crippen LogP contribution >= 0.6 is 0 Å². The van der Waals surface area contributed by atoms with Gasteiger partial charge in [-0.05, 0) is 67.3 Å². The van der Waals surface area contributed by atoms with Gasteiger partial charge in [0.2, 0.25) is 0 Å². The Bertz CT molecular complexity index is 1170. The van der Waals surface area contributed by atoms with Crippen LogP contribution in [0.2, 0.25) is 0 Å². The number of aliphatic hydroxyl groups excluding tert-OH is 1. The van der Waals surface area contributed by atoms with E-state index in [2.05, 4.69) is 38.8 Å². The SMILES string of the molecule is O=C(c1cccnc1)N1CCCCN2[C@H](C1)[C@@H](c1ccc(C#Cc3ccccn3)cc1)[C@@H]2CO. The fraction of sp³-hybridized carbons (Fsp3) is 0.321. The summed E-state index contributed by atoms with van der Waals surface area (Å²) >= 11 is 0. The lowest BCUT2D eigenvalue weighted by Gasteiger charge is -2.57. The molecule has 2 fully saturated rings.